The fourth-order valence-corrected chi connectivity index (χ4v) is 3.05. The van der Waals surface area contributed by atoms with Crippen LogP contribution in [0.5, 0.6) is 0 Å². The molecule has 0 heterocycles. The predicted octanol–water partition coefficient (Wildman–Crippen LogP) is 4.03. The van der Waals surface area contributed by atoms with Gasteiger partial charge in [0.25, 0.3) is 0 Å². The number of carbonyl (C=O) groups excluding carboxylic acids is 1. The van der Waals surface area contributed by atoms with Gasteiger partial charge in [-0.15, -0.1) is 0 Å². The number of esters is 1. The molecule has 6 heteroatoms. The molecule has 0 amide bonds. The Labute approximate surface area is 135 Å². The van der Waals surface area contributed by atoms with Gasteiger partial charge in [0.1, 0.15) is 6.61 Å². The first-order valence-corrected chi connectivity index (χ1v) is 8.79. The van der Waals surface area contributed by atoms with Crippen molar-refractivity contribution in [2.75, 3.05) is 14.2 Å². The lowest BCUT2D eigenvalue weighted by Gasteiger charge is -2.13. The summed E-state index contributed by atoms with van der Waals surface area (Å²) in [6.45, 7) is 0.226. The largest absolute Gasteiger partial charge is 0.457 e. The highest BCUT2D eigenvalue weighted by molar-refractivity contribution is 7.52. The number of hydrogen-bond donors (Lipinski definition) is 0. The molecule has 0 aliphatic heterocycles. The SMILES string of the molecule is COP(=O)(Cc1ccc(C(=O)OCc2ccccc2)cc1)OC. The Morgan fingerprint density at radius 2 is 1.52 bits per heavy atom. The second kappa shape index (κ2) is 8.06. The van der Waals surface area contributed by atoms with Crippen LogP contribution >= 0.6 is 7.60 Å². The molecule has 2 rings (SSSR count). The van der Waals surface area contributed by atoms with Crippen LogP contribution in [0.3, 0.4) is 0 Å². The number of rotatable bonds is 7. The quantitative estimate of drug-likeness (QED) is 0.565. The molecule has 0 saturated heterocycles. The second-order valence-corrected chi connectivity index (χ2v) is 7.16. The fraction of sp³-hybridized carbons (Fsp3) is 0.235. The van der Waals surface area contributed by atoms with Crippen molar-refractivity contribution in [3.8, 4) is 0 Å². The zero-order chi connectivity index (χ0) is 16.7. The molecule has 2 aromatic rings. The minimum atomic E-state index is -3.11. The Morgan fingerprint density at radius 3 is 2.09 bits per heavy atom. The molecule has 0 unspecified atom stereocenters. The molecule has 0 aliphatic rings. The maximum atomic E-state index is 12.1. The maximum absolute atomic E-state index is 12.1. The van der Waals surface area contributed by atoms with Crippen LogP contribution in [0.15, 0.2) is 54.6 Å². The van der Waals surface area contributed by atoms with Gasteiger partial charge in [0, 0.05) is 14.2 Å². The van der Waals surface area contributed by atoms with E-state index in [1.54, 1.807) is 24.3 Å². The molecule has 23 heavy (non-hydrogen) atoms. The molecule has 5 nitrogen and oxygen atoms in total. The molecule has 0 saturated carbocycles. The van der Waals surface area contributed by atoms with Crippen molar-refractivity contribution in [1.29, 1.82) is 0 Å². The van der Waals surface area contributed by atoms with Gasteiger partial charge in [0.05, 0.1) is 11.7 Å². The van der Waals surface area contributed by atoms with E-state index < -0.39 is 13.6 Å². The first-order chi connectivity index (χ1) is 11.1. The molecule has 122 valence electrons. The molecule has 0 aromatic heterocycles. The molecular weight excluding hydrogens is 315 g/mol. The van der Waals surface area contributed by atoms with Gasteiger partial charge < -0.3 is 13.8 Å². The van der Waals surface area contributed by atoms with E-state index in [-0.39, 0.29) is 12.8 Å². The van der Waals surface area contributed by atoms with E-state index in [0.717, 1.165) is 11.1 Å². The third kappa shape index (κ3) is 5.03. The summed E-state index contributed by atoms with van der Waals surface area (Å²) in [5, 5.41) is 0. The predicted molar refractivity (Wildman–Crippen MR) is 87.3 cm³/mol. The number of hydrogen-bond acceptors (Lipinski definition) is 5. The highest BCUT2D eigenvalue weighted by atomic mass is 31.2. The van der Waals surface area contributed by atoms with Crippen molar-refractivity contribution in [2.45, 2.75) is 12.8 Å². The van der Waals surface area contributed by atoms with E-state index in [1.807, 2.05) is 30.3 Å². The lowest BCUT2D eigenvalue weighted by atomic mass is 10.1. The summed E-state index contributed by atoms with van der Waals surface area (Å²) in [6, 6.07) is 16.2. The Hall–Kier alpha value is -1.94. The highest BCUT2D eigenvalue weighted by Gasteiger charge is 2.21. The van der Waals surface area contributed by atoms with Gasteiger partial charge in [0.15, 0.2) is 0 Å². The molecule has 0 radical (unpaired) electrons. The molecular formula is C17H19O5P. The second-order valence-electron chi connectivity index (χ2n) is 4.89. The van der Waals surface area contributed by atoms with Gasteiger partial charge in [-0.25, -0.2) is 4.79 Å². The lowest BCUT2D eigenvalue weighted by molar-refractivity contribution is 0.0472. The Bertz CT molecular complexity index is 674. The van der Waals surface area contributed by atoms with Crippen LogP contribution in [-0.4, -0.2) is 20.2 Å². The first kappa shape index (κ1) is 17.4. The molecule has 0 aliphatic carbocycles. The van der Waals surface area contributed by atoms with Crippen LogP contribution in [0.4, 0.5) is 0 Å². The Balaban J connectivity index is 1.96. The molecule has 0 atom stereocenters. The standard InChI is InChI=1S/C17H19O5P/c1-20-23(19,21-2)13-15-8-10-16(11-9-15)17(18)22-12-14-6-4-3-5-7-14/h3-11H,12-13H2,1-2H3. The van der Waals surface area contributed by atoms with E-state index in [1.165, 1.54) is 14.2 Å². The van der Waals surface area contributed by atoms with Crippen LogP contribution in [0.25, 0.3) is 0 Å². The van der Waals surface area contributed by atoms with Crippen LogP contribution in [-0.2, 0) is 31.1 Å². The van der Waals surface area contributed by atoms with Gasteiger partial charge in [0.2, 0.25) is 0 Å². The number of carbonyl (C=O) groups is 1. The van der Waals surface area contributed by atoms with Crippen molar-refractivity contribution >= 4 is 13.6 Å². The van der Waals surface area contributed by atoms with E-state index >= 15 is 0 Å². The van der Waals surface area contributed by atoms with Gasteiger partial charge in [-0.05, 0) is 23.3 Å². The molecule has 2 aromatic carbocycles. The minimum absolute atomic E-state index is 0.152. The van der Waals surface area contributed by atoms with Crippen LogP contribution < -0.4 is 0 Å². The monoisotopic (exact) mass is 334 g/mol. The summed E-state index contributed by atoms with van der Waals surface area (Å²) in [6.07, 6.45) is 0.152. The van der Waals surface area contributed by atoms with Crippen molar-refractivity contribution in [3.63, 3.8) is 0 Å². The summed E-state index contributed by atoms with van der Waals surface area (Å²) < 4.78 is 27.1. The topological polar surface area (TPSA) is 61.8 Å². The van der Waals surface area contributed by atoms with Crippen LogP contribution in [0, 0.1) is 0 Å². The summed E-state index contributed by atoms with van der Waals surface area (Å²) in [5.41, 5.74) is 2.13. The third-order valence-electron chi connectivity index (χ3n) is 3.33. The van der Waals surface area contributed by atoms with Crippen LogP contribution in [0.1, 0.15) is 21.5 Å². The fourth-order valence-electron chi connectivity index (χ4n) is 1.98. The molecule has 0 bridgehead atoms. The van der Waals surface area contributed by atoms with Crippen molar-refractivity contribution < 1.29 is 23.1 Å². The van der Waals surface area contributed by atoms with Crippen molar-refractivity contribution in [3.05, 3.63) is 71.3 Å². The van der Waals surface area contributed by atoms with Gasteiger partial charge in [-0.3, -0.25) is 4.57 Å². The summed E-state index contributed by atoms with van der Waals surface area (Å²) >= 11 is 0. The normalized spacial score (nSPS) is 11.2. The zero-order valence-electron chi connectivity index (χ0n) is 13.1. The molecule has 0 fully saturated rings. The molecule has 0 spiro atoms. The van der Waals surface area contributed by atoms with E-state index in [9.17, 15) is 9.36 Å². The minimum Gasteiger partial charge on any atom is -0.457 e. The van der Waals surface area contributed by atoms with Crippen molar-refractivity contribution in [2.24, 2.45) is 0 Å². The van der Waals surface area contributed by atoms with Gasteiger partial charge >= 0.3 is 13.6 Å². The summed E-state index contributed by atoms with van der Waals surface area (Å²) in [7, 11) is -0.417. The van der Waals surface area contributed by atoms with E-state index in [2.05, 4.69) is 0 Å². The maximum Gasteiger partial charge on any atom is 0.338 e. The Kier molecular flexibility index (Phi) is 6.11. The third-order valence-corrected chi connectivity index (χ3v) is 5.20. The van der Waals surface area contributed by atoms with Gasteiger partial charge in [-0.1, -0.05) is 42.5 Å². The van der Waals surface area contributed by atoms with Crippen LogP contribution in [0.2, 0.25) is 0 Å². The Morgan fingerprint density at radius 1 is 0.913 bits per heavy atom. The summed E-state index contributed by atoms with van der Waals surface area (Å²) in [5.74, 6) is -0.401. The summed E-state index contributed by atoms with van der Waals surface area (Å²) in [4.78, 5) is 12.0. The van der Waals surface area contributed by atoms with E-state index in [0.29, 0.717) is 5.56 Å². The average Bonchev–Trinajstić information content (AvgIpc) is 2.61. The number of benzene rings is 2. The smallest absolute Gasteiger partial charge is 0.338 e. The first-order valence-electron chi connectivity index (χ1n) is 7.07. The zero-order valence-corrected chi connectivity index (χ0v) is 14.0. The number of ether oxygens (including phenoxy) is 1. The van der Waals surface area contributed by atoms with Gasteiger partial charge in [-0.2, -0.15) is 0 Å². The molecule has 0 N–H and O–H groups in total. The van der Waals surface area contributed by atoms with E-state index in [4.69, 9.17) is 13.8 Å². The van der Waals surface area contributed by atoms with Crippen molar-refractivity contribution in [1.82, 2.24) is 0 Å². The lowest BCUT2D eigenvalue weighted by Crippen LogP contribution is -2.05. The highest BCUT2D eigenvalue weighted by Crippen LogP contribution is 2.49. The average molecular weight is 334 g/mol.